The molecule has 556 valence electrons. The largest absolute Gasteiger partial charge is 0.458 e. The number of carbonyl (C=O) groups is 1. The highest BCUT2D eigenvalue weighted by Crippen LogP contribution is 2.42. The van der Waals surface area contributed by atoms with Gasteiger partial charge in [-0.2, -0.15) is 0 Å². The zero-order chi connectivity index (χ0) is 71.6. The summed E-state index contributed by atoms with van der Waals surface area (Å²) in [5.74, 6) is -6.87. The van der Waals surface area contributed by atoms with E-state index in [-0.39, 0.29) is 89.4 Å². The van der Waals surface area contributed by atoms with Crippen LogP contribution in [-0.2, 0) is 23.7 Å². The molecular formula is C72H131NO22. The van der Waals surface area contributed by atoms with Crippen LogP contribution in [0.2, 0.25) is 0 Å². The number of carbonyl (C=O) groups excluding carboxylic acids is 1. The van der Waals surface area contributed by atoms with E-state index in [0.29, 0.717) is 36.8 Å². The van der Waals surface area contributed by atoms with Gasteiger partial charge in [-0.25, -0.2) is 0 Å². The van der Waals surface area contributed by atoms with Gasteiger partial charge >= 0.3 is 5.97 Å². The van der Waals surface area contributed by atoms with Crippen molar-refractivity contribution in [1.29, 1.82) is 0 Å². The molecule has 3 aliphatic rings. The summed E-state index contributed by atoms with van der Waals surface area (Å²) in [5.41, 5.74) is 1.00. The van der Waals surface area contributed by atoms with Crippen LogP contribution in [-0.4, -0.2) is 252 Å². The van der Waals surface area contributed by atoms with E-state index in [9.17, 15) is 91.6 Å². The van der Waals surface area contributed by atoms with Crippen molar-refractivity contribution in [1.82, 2.24) is 4.90 Å². The van der Waals surface area contributed by atoms with Crippen molar-refractivity contribution < 1.29 is 111 Å². The molecular weight excluding hydrogens is 1230 g/mol. The van der Waals surface area contributed by atoms with E-state index in [1.807, 2.05) is 0 Å². The molecule has 3 heterocycles. The van der Waals surface area contributed by atoms with Crippen molar-refractivity contribution in [3.05, 3.63) is 47.6 Å². The first-order chi connectivity index (χ1) is 44.5. The number of cyclic esters (lactones) is 1. The Morgan fingerprint density at radius 1 is 0.589 bits per heavy atom. The lowest BCUT2D eigenvalue weighted by Crippen LogP contribution is -2.64. The molecule has 0 aromatic rings. The van der Waals surface area contributed by atoms with Crippen LogP contribution in [0.3, 0.4) is 0 Å². The Hall–Kier alpha value is -2.41. The maximum absolute atomic E-state index is 13.7. The first-order valence-electron chi connectivity index (χ1n) is 35.7. The smallest absolute Gasteiger partial charge is 0.311 e. The van der Waals surface area contributed by atoms with Crippen molar-refractivity contribution in [3.8, 4) is 0 Å². The molecule has 23 heteroatoms. The van der Waals surface area contributed by atoms with Crippen LogP contribution in [0, 0.1) is 35.5 Å². The Morgan fingerprint density at radius 2 is 1.18 bits per heavy atom. The second kappa shape index (κ2) is 43.4. The molecule has 3 rings (SSSR count). The van der Waals surface area contributed by atoms with E-state index in [0.717, 1.165) is 25.7 Å². The quantitative estimate of drug-likeness (QED) is 0.0917. The average molecular weight is 1360 g/mol. The topological polar surface area (TPSA) is 401 Å². The van der Waals surface area contributed by atoms with Crippen molar-refractivity contribution in [2.24, 2.45) is 35.5 Å². The summed E-state index contributed by atoms with van der Waals surface area (Å²) in [6.45, 7) is 17.2. The van der Waals surface area contributed by atoms with E-state index in [1.54, 1.807) is 106 Å². The van der Waals surface area contributed by atoms with Crippen LogP contribution < -0.4 is 0 Å². The summed E-state index contributed by atoms with van der Waals surface area (Å²) in [5, 5.41) is 190. The van der Waals surface area contributed by atoms with E-state index in [1.165, 1.54) is 12.2 Å². The molecule has 17 N–H and O–H groups in total. The molecule has 0 saturated carbocycles. The molecule has 29 atom stereocenters. The van der Waals surface area contributed by atoms with Crippen LogP contribution in [0.1, 0.15) is 210 Å². The van der Waals surface area contributed by atoms with Gasteiger partial charge in [-0.05, 0) is 155 Å². The van der Waals surface area contributed by atoms with E-state index >= 15 is 0 Å². The van der Waals surface area contributed by atoms with E-state index in [2.05, 4.69) is 6.92 Å². The number of aliphatic hydroxyl groups is 17. The Morgan fingerprint density at radius 3 is 1.80 bits per heavy atom. The number of ether oxygens (including phenoxy) is 4. The molecule has 3 aliphatic heterocycles. The highest BCUT2D eigenvalue weighted by molar-refractivity contribution is 5.71. The molecule has 5 unspecified atom stereocenters. The minimum atomic E-state index is -2.26. The van der Waals surface area contributed by atoms with E-state index in [4.69, 9.17) is 18.9 Å². The minimum absolute atomic E-state index is 0.0123. The molecule has 0 aromatic heterocycles. The SMILES string of the molecule is CCCCCCC1/C=C(\C)[C@@H](O)C[C@H](O)CCC[C@H](O)[C@@H](C)[C@H](O)C/C=C/C=C(\C)[C@@H](O)[C@H](C)[C@@H]2C[C@H](OC3O[C@H](C)[C@@H](O)[C@H](N(C)C)[C@H]3O)[C@@H](C)C(O)(CC(=O)OC(C)/C=C/[C@@H](O)C[C@@H](O)CCC[C@H](O)[C@@H](C)[C@H](O)CC[C@H](C)[C@H](O)C[C@@H](O)C[C@H](O)CCC(O)[C@@H]1O)O2. The molecule has 0 amide bonds. The summed E-state index contributed by atoms with van der Waals surface area (Å²) in [7, 11) is 3.40. The lowest BCUT2D eigenvalue weighted by atomic mass is 9.80. The second-order valence-electron chi connectivity index (χ2n) is 29.2. The summed E-state index contributed by atoms with van der Waals surface area (Å²) in [6.07, 6.45) is -6.51. The van der Waals surface area contributed by atoms with Crippen LogP contribution in [0.25, 0.3) is 0 Å². The Kier molecular flexibility index (Phi) is 39.7. The molecule has 2 saturated heterocycles. The maximum Gasteiger partial charge on any atom is 0.311 e. The molecule has 0 aromatic carbocycles. The second-order valence-corrected chi connectivity index (χ2v) is 29.2. The predicted octanol–water partition coefficient (Wildman–Crippen LogP) is 4.26. The van der Waals surface area contributed by atoms with Crippen LogP contribution in [0.5, 0.6) is 0 Å². The van der Waals surface area contributed by atoms with Crippen molar-refractivity contribution in [2.75, 3.05) is 14.1 Å². The number of aliphatic hydroxyl groups excluding tert-OH is 16. The third kappa shape index (κ3) is 29.6. The average Bonchev–Trinajstić information content (AvgIpc) is 0.770. The van der Waals surface area contributed by atoms with Gasteiger partial charge in [0.1, 0.15) is 12.2 Å². The Labute approximate surface area is 567 Å². The number of hydrogen-bond donors (Lipinski definition) is 17. The number of fused-ring (bicyclic) bond motifs is 2. The molecule has 23 nitrogen and oxygen atoms in total. The minimum Gasteiger partial charge on any atom is -0.458 e. The molecule has 2 fully saturated rings. The summed E-state index contributed by atoms with van der Waals surface area (Å²) < 4.78 is 24.5. The molecule has 0 aliphatic carbocycles. The fourth-order valence-electron chi connectivity index (χ4n) is 13.5. The molecule has 0 radical (unpaired) electrons. The summed E-state index contributed by atoms with van der Waals surface area (Å²) in [4.78, 5) is 15.4. The standard InChI is InChI=1S/C72H131NO22/c1-13-14-15-16-22-50-34-43(4)62(85)37-52(75)24-20-27-57(80)45(6)56(79)25-18-17-21-42(3)67(87)47(8)63-39-64(94-71-70(90)66(73(11)12)68(88)49(10)93-71)48(9)72(91,95-63)40-65(86)92-44(5)29-30-53(76)35-51(74)23-19-26-58(81)46(7)59(82)32-28-41(2)61(84)38-55(78)36-54(77)31-33-60(83)69(50)89/h17-18,21,29-30,34,41,44-64,66-71,74-85,87-91H,13-16,19-20,22-28,31-33,35-40H2,1-12H3/b18-17+,30-29+,42-21+,43-34+/t41-,44?,45-,46+,47+,48+,49+,50?,51-,52+,53+,54+,55-,56+,57-,58-,59+,60?,61+,62-,63-,64-,66-,67+,68+,69+,70+,71?,72?/m0/s1. The van der Waals surface area contributed by atoms with Gasteiger partial charge in [-0.3, -0.25) is 4.79 Å². The van der Waals surface area contributed by atoms with Crippen molar-refractivity contribution in [2.45, 2.75) is 351 Å². The number of hydrogen-bond acceptors (Lipinski definition) is 23. The van der Waals surface area contributed by atoms with Crippen LogP contribution >= 0.6 is 0 Å². The van der Waals surface area contributed by atoms with Gasteiger partial charge in [-0.1, -0.05) is 97.6 Å². The van der Waals surface area contributed by atoms with Gasteiger partial charge in [0.25, 0.3) is 0 Å². The first-order valence-corrected chi connectivity index (χ1v) is 35.7. The molecule has 95 heavy (non-hydrogen) atoms. The fourth-order valence-corrected chi connectivity index (χ4v) is 13.5. The number of likely N-dealkylation sites (N-methyl/N-ethyl adjacent to an activating group) is 1. The monoisotopic (exact) mass is 1360 g/mol. The maximum atomic E-state index is 13.7. The number of esters is 1. The van der Waals surface area contributed by atoms with Gasteiger partial charge < -0.3 is 111 Å². The summed E-state index contributed by atoms with van der Waals surface area (Å²) >= 11 is 0. The zero-order valence-corrected chi connectivity index (χ0v) is 59.3. The van der Waals surface area contributed by atoms with Gasteiger partial charge in [0.15, 0.2) is 12.1 Å². The van der Waals surface area contributed by atoms with Gasteiger partial charge in [0.05, 0.1) is 122 Å². The highest BCUT2D eigenvalue weighted by Gasteiger charge is 2.53. The number of rotatable bonds is 8. The fraction of sp³-hybridized carbons (Fsp3) is 0.875. The summed E-state index contributed by atoms with van der Waals surface area (Å²) in [6, 6.07) is -0.781. The zero-order valence-electron chi connectivity index (χ0n) is 59.3. The highest BCUT2D eigenvalue weighted by atomic mass is 16.7. The van der Waals surface area contributed by atoms with E-state index < -0.39 is 182 Å². The predicted molar refractivity (Wildman–Crippen MR) is 361 cm³/mol. The lowest BCUT2D eigenvalue weighted by Gasteiger charge is -2.50. The van der Waals surface area contributed by atoms with Gasteiger partial charge in [0, 0.05) is 48.9 Å². The molecule has 2 bridgehead atoms. The van der Waals surface area contributed by atoms with Crippen molar-refractivity contribution in [3.63, 3.8) is 0 Å². The molecule has 0 spiro atoms. The Bertz CT molecular complexity index is 2240. The van der Waals surface area contributed by atoms with Crippen LogP contribution in [0.4, 0.5) is 0 Å². The van der Waals surface area contributed by atoms with Crippen molar-refractivity contribution >= 4 is 5.97 Å². The van der Waals surface area contributed by atoms with Gasteiger partial charge in [0.2, 0.25) is 0 Å². The number of nitrogens with zero attached hydrogens (tertiary/aromatic N) is 1. The Balaban J connectivity index is 1.85. The number of allylic oxidation sites excluding steroid dienone is 2. The number of unbranched alkanes of at least 4 members (excludes halogenated alkanes) is 3. The normalized spacial score (nSPS) is 44.7. The van der Waals surface area contributed by atoms with Crippen LogP contribution in [0.15, 0.2) is 47.6 Å². The first kappa shape index (κ1) is 86.8. The third-order valence-corrected chi connectivity index (χ3v) is 20.7. The van der Waals surface area contributed by atoms with Gasteiger partial charge in [-0.15, -0.1) is 0 Å². The third-order valence-electron chi connectivity index (χ3n) is 20.7. The lowest BCUT2D eigenvalue weighted by molar-refractivity contribution is -0.351.